The van der Waals surface area contributed by atoms with E-state index in [1.165, 1.54) is 0 Å². The number of rotatable bonds is 3. The average molecular weight is 434 g/mol. The molecule has 2 aliphatic rings. The Kier molecular flexibility index (Phi) is 5.07. The van der Waals surface area contributed by atoms with Crippen molar-refractivity contribution in [2.75, 3.05) is 6.61 Å². The maximum absolute atomic E-state index is 12.8. The number of fused-ring (bicyclic) bond motifs is 1. The van der Waals surface area contributed by atoms with Gasteiger partial charge in [0.2, 0.25) is 5.91 Å². The van der Waals surface area contributed by atoms with Crippen LogP contribution < -0.4 is 14.8 Å². The molecule has 2 heterocycles. The molecule has 2 aromatic carbocycles. The Labute approximate surface area is 173 Å². The third-order valence-corrected chi connectivity index (χ3v) is 5.92. The molecule has 30 heavy (non-hydrogen) atoms. The monoisotopic (exact) mass is 434 g/mol. The number of carbonyl (C=O) groups excluding carboxylic acids is 2. The molecule has 154 valence electrons. The molecular formula is C20H13F3N2O4S. The van der Waals surface area contributed by atoms with Crippen LogP contribution in [0.5, 0.6) is 17.2 Å². The minimum absolute atomic E-state index is 0.0193. The number of hydrogen-bond donors (Lipinski definition) is 1. The van der Waals surface area contributed by atoms with Crippen LogP contribution in [0.1, 0.15) is 29.0 Å². The van der Waals surface area contributed by atoms with Crippen LogP contribution >= 0.6 is 11.8 Å². The SMILES string of the molecule is N#Cc1cc(C(F)(F)F)ccc1Oc1ccc2c(c1)OCC[C@H]2C1SC(=O)NC1=O. The van der Waals surface area contributed by atoms with Crippen molar-refractivity contribution in [2.45, 2.75) is 23.8 Å². The van der Waals surface area contributed by atoms with Crippen LogP contribution in [0.3, 0.4) is 0 Å². The van der Waals surface area contributed by atoms with E-state index < -0.39 is 17.0 Å². The molecule has 10 heteroatoms. The van der Waals surface area contributed by atoms with Crippen LogP contribution in [-0.2, 0) is 11.0 Å². The Balaban J connectivity index is 1.60. The Hall–Kier alpha value is -3.19. The highest BCUT2D eigenvalue weighted by Gasteiger charge is 2.41. The number of imide groups is 1. The first kappa shape index (κ1) is 20.1. The van der Waals surface area contributed by atoms with E-state index in [0.717, 1.165) is 35.5 Å². The highest BCUT2D eigenvalue weighted by molar-refractivity contribution is 8.15. The summed E-state index contributed by atoms with van der Waals surface area (Å²) in [5, 5.41) is 10.5. The number of alkyl halides is 3. The predicted octanol–water partition coefficient (Wildman–Crippen LogP) is 4.59. The van der Waals surface area contributed by atoms with Crippen LogP contribution in [0, 0.1) is 11.3 Å². The first-order valence-corrected chi connectivity index (χ1v) is 9.71. The average Bonchev–Trinajstić information content (AvgIpc) is 3.04. The van der Waals surface area contributed by atoms with Crippen LogP contribution in [0.4, 0.5) is 18.0 Å². The van der Waals surface area contributed by atoms with Crippen molar-refractivity contribution in [3.8, 4) is 23.3 Å². The quantitative estimate of drug-likeness (QED) is 0.760. The predicted molar refractivity (Wildman–Crippen MR) is 100 cm³/mol. The van der Waals surface area contributed by atoms with E-state index in [-0.39, 0.29) is 34.1 Å². The fourth-order valence-corrected chi connectivity index (χ4v) is 4.42. The lowest BCUT2D eigenvalue weighted by atomic mass is 9.89. The number of hydrogen-bond acceptors (Lipinski definition) is 6. The number of nitrogens with one attached hydrogen (secondary N) is 1. The van der Waals surface area contributed by atoms with Gasteiger partial charge in [-0.3, -0.25) is 14.9 Å². The van der Waals surface area contributed by atoms with Gasteiger partial charge in [-0.25, -0.2) is 0 Å². The molecule has 1 saturated heterocycles. The zero-order valence-corrected chi connectivity index (χ0v) is 16.0. The molecule has 4 rings (SSSR count). The fourth-order valence-electron chi connectivity index (χ4n) is 3.42. The van der Waals surface area contributed by atoms with Gasteiger partial charge in [-0.2, -0.15) is 18.4 Å². The number of ether oxygens (including phenoxy) is 2. The van der Waals surface area contributed by atoms with E-state index >= 15 is 0 Å². The van der Waals surface area contributed by atoms with Crippen molar-refractivity contribution in [3.63, 3.8) is 0 Å². The van der Waals surface area contributed by atoms with Gasteiger partial charge in [0.25, 0.3) is 5.24 Å². The minimum atomic E-state index is -4.56. The van der Waals surface area contributed by atoms with Crippen molar-refractivity contribution < 1.29 is 32.2 Å². The lowest BCUT2D eigenvalue weighted by Gasteiger charge is -2.28. The van der Waals surface area contributed by atoms with Crippen molar-refractivity contribution >= 4 is 22.9 Å². The van der Waals surface area contributed by atoms with Gasteiger partial charge in [-0.05, 0) is 36.2 Å². The van der Waals surface area contributed by atoms with Gasteiger partial charge in [0, 0.05) is 12.0 Å². The molecule has 0 aliphatic carbocycles. The van der Waals surface area contributed by atoms with Crippen molar-refractivity contribution in [3.05, 3.63) is 53.1 Å². The first-order chi connectivity index (χ1) is 14.3. The standard InChI is InChI=1S/C20H13F3N2O4S/c21-20(22,23)11-1-4-15(10(7-11)9-24)29-12-2-3-13-14(5-6-28-16(13)8-12)17-18(26)25-19(27)30-17/h1-4,7-8,14,17H,5-6H2,(H,25,26,27)/t14-,17?/m1/s1. The summed E-state index contributed by atoms with van der Waals surface area (Å²) in [5.74, 6) is 0.146. The van der Waals surface area contributed by atoms with E-state index in [2.05, 4.69) is 5.32 Å². The van der Waals surface area contributed by atoms with E-state index in [1.54, 1.807) is 24.3 Å². The highest BCUT2D eigenvalue weighted by atomic mass is 32.2. The first-order valence-electron chi connectivity index (χ1n) is 8.83. The smallest absolute Gasteiger partial charge is 0.416 e. The summed E-state index contributed by atoms with van der Waals surface area (Å²) in [6, 6.07) is 9.20. The Morgan fingerprint density at radius 1 is 1.20 bits per heavy atom. The van der Waals surface area contributed by atoms with Crippen molar-refractivity contribution in [1.82, 2.24) is 5.32 Å². The zero-order chi connectivity index (χ0) is 21.5. The number of nitrogens with zero attached hydrogens (tertiary/aromatic N) is 1. The summed E-state index contributed by atoms with van der Waals surface area (Å²) in [4.78, 5) is 23.5. The third kappa shape index (κ3) is 3.80. The highest BCUT2D eigenvalue weighted by Crippen LogP contribution is 2.44. The van der Waals surface area contributed by atoms with E-state index in [9.17, 15) is 28.0 Å². The van der Waals surface area contributed by atoms with E-state index in [1.807, 2.05) is 0 Å². The van der Waals surface area contributed by atoms with Crippen LogP contribution in [0.2, 0.25) is 0 Å². The van der Waals surface area contributed by atoms with Crippen molar-refractivity contribution in [2.24, 2.45) is 0 Å². The zero-order valence-electron chi connectivity index (χ0n) is 15.2. The van der Waals surface area contributed by atoms with Gasteiger partial charge in [0.1, 0.15) is 28.6 Å². The topological polar surface area (TPSA) is 88.4 Å². The van der Waals surface area contributed by atoms with Gasteiger partial charge >= 0.3 is 6.18 Å². The summed E-state index contributed by atoms with van der Waals surface area (Å²) in [6.45, 7) is 0.337. The second-order valence-electron chi connectivity index (χ2n) is 6.68. The molecule has 6 nitrogen and oxygen atoms in total. The van der Waals surface area contributed by atoms with Crippen LogP contribution in [-0.4, -0.2) is 23.0 Å². The largest absolute Gasteiger partial charge is 0.493 e. The van der Waals surface area contributed by atoms with Gasteiger partial charge in [-0.15, -0.1) is 0 Å². The summed E-state index contributed by atoms with van der Waals surface area (Å²) in [6.07, 6.45) is -4.01. The van der Waals surface area contributed by atoms with Crippen LogP contribution in [0.15, 0.2) is 36.4 Å². The normalized spacial score (nSPS) is 20.7. The third-order valence-electron chi connectivity index (χ3n) is 4.81. The molecular weight excluding hydrogens is 421 g/mol. The van der Waals surface area contributed by atoms with Gasteiger partial charge in [0.15, 0.2) is 0 Å². The maximum atomic E-state index is 12.8. The lowest BCUT2D eigenvalue weighted by molar-refractivity contribution is -0.137. The lowest BCUT2D eigenvalue weighted by Crippen LogP contribution is -2.31. The molecule has 1 N–H and O–H groups in total. The number of benzene rings is 2. The maximum Gasteiger partial charge on any atom is 0.416 e. The van der Waals surface area contributed by atoms with Crippen molar-refractivity contribution in [1.29, 1.82) is 5.26 Å². The van der Waals surface area contributed by atoms with Crippen LogP contribution in [0.25, 0.3) is 0 Å². The van der Waals surface area contributed by atoms with E-state index in [0.29, 0.717) is 18.8 Å². The second kappa shape index (κ2) is 7.57. The molecule has 0 spiro atoms. The van der Waals surface area contributed by atoms with E-state index in [4.69, 9.17) is 9.47 Å². The summed E-state index contributed by atoms with van der Waals surface area (Å²) >= 11 is 0.944. The van der Waals surface area contributed by atoms with Gasteiger partial charge in [0.05, 0.1) is 17.7 Å². The number of halogens is 3. The Bertz CT molecular complexity index is 1080. The number of carbonyl (C=O) groups is 2. The number of amides is 2. The Morgan fingerprint density at radius 3 is 2.67 bits per heavy atom. The molecule has 1 fully saturated rings. The molecule has 2 amide bonds. The second-order valence-corrected chi connectivity index (χ2v) is 7.80. The molecule has 2 atom stereocenters. The summed E-state index contributed by atoms with van der Waals surface area (Å²) in [7, 11) is 0. The summed E-state index contributed by atoms with van der Waals surface area (Å²) < 4.78 is 49.8. The molecule has 2 aliphatic heterocycles. The fraction of sp³-hybridized carbons (Fsp3) is 0.250. The molecule has 0 saturated carbocycles. The summed E-state index contributed by atoms with van der Waals surface area (Å²) in [5.41, 5.74) is -0.451. The molecule has 0 radical (unpaired) electrons. The molecule has 0 aromatic heterocycles. The molecule has 2 aromatic rings. The van der Waals surface area contributed by atoms with Gasteiger partial charge in [-0.1, -0.05) is 17.8 Å². The Morgan fingerprint density at radius 2 is 2.00 bits per heavy atom. The number of thioether (sulfide) groups is 1. The molecule has 1 unspecified atom stereocenters. The number of nitriles is 1. The van der Waals surface area contributed by atoms with Gasteiger partial charge < -0.3 is 9.47 Å². The molecule has 0 bridgehead atoms. The minimum Gasteiger partial charge on any atom is -0.493 e.